The number of fused-ring (bicyclic) bond motifs is 4. The summed E-state index contributed by atoms with van der Waals surface area (Å²) in [7, 11) is 0. The zero-order valence-electron chi connectivity index (χ0n) is 36.3. The molecule has 0 amide bonds. The van der Waals surface area contributed by atoms with Gasteiger partial charge in [0.1, 0.15) is 5.75 Å². The summed E-state index contributed by atoms with van der Waals surface area (Å²) in [5, 5.41) is 15.9. The number of rotatable bonds is 6. The molecule has 0 unspecified atom stereocenters. The Morgan fingerprint density at radius 3 is 1.86 bits per heavy atom. The largest absolute Gasteiger partial charge is 0.507 e. The molecule has 0 aliphatic rings. The second kappa shape index (κ2) is 16.3. The Morgan fingerprint density at radius 1 is 0.492 bits per heavy atom. The van der Waals surface area contributed by atoms with Crippen molar-refractivity contribution < 1.29 is 26.2 Å². The van der Waals surface area contributed by atoms with E-state index in [0.717, 1.165) is 56.0 Å². The average molecular weight is 998 g/mol. The summed E-state index contributed by atoms with van der Waals surface area (Å²) in [6, 6.07) is 63.3. The Morgan fingerprint density at radius 2 is 1.10 bits per heavy atom. The van der Waals surface area contributed by atoms with Gasteiger partial charge in [-0.1, -0.05) is 162 Å². The van der Waals surface area contributed by atoms with Gasteiger partial charge in [-0.15, -0.1) is 24.3 Å². The number of nitrogens with zero attached hydrogens (tertiary/aromatic N) is 3. The summed E-state index contributed by atoms with van der Waals surface area (Å²) in [5.74, 6) is 0.190. The van der Waals surface area contributed by atoms with Crippen LogP contribution in [0.25, 0.3) is 94.3 Å². The van der Waals surface area contributed by atoms with E-state index in [4.69, 9.17) is 9.97 Å². The maximum Gasteiger partial charge on any atom is 0.124 e. The van der Waals surface area contributed by atoms with Crippen LogP contribution < -0.4 is 0 Å². The number of hydrogen-bond acceptors (Lipinski definition) is 3. The molecule has 312 valence electrons. The average Bonchev–Trinajstić information content (AvgIpc) is 3.63. The van der Waals surface area contributed by atoms with E-state index >= 15 is 0 Å². The second-order valence-corrected chi connectivity index (χ2v) is 18.4. The van der Waals surface area contributed by atoms with E-state index < -0.39 is 0 Å². The zero-order valence-corrected chi connectivity index (χ0v) is 38.6. The molecule has 0 aliphatic carbocycles. The molecule has 0 bridgehead atoms. The van der Waals surface area contributed by atoms with E-state index in [0.29, 0.717) is 11.3 Å². The minimum absolute atomic E-state index is 0. The molecule has 10 rings (SSSR count). The van der Waals surface area contributed by atoms with Crippen molar-refractivity contribution in [1.82, 2.24) is 14.5 Å². The second-order valence-electron chi connectivity index (χ2n) is 18.4. The first-order valence-electron chi connectivity index (χ1n) is 21.4. The maximum atomic E-state index is 11.1. The van der Waals surface area contributed by atoms with Crippen molar-refractivity contribution in [2.24, 2.45) is 0 Å². The predicted molar refractivity (Wildman–Crippen MR) is 259 cm³/mol. The summed E-state index contributed by atoms with van der Waals surface area (Å²) < 4.78 is 2.40. The van der Waals surface area contributed by atoms with E-state index in [2.05, 4.69) is 198 Å². The molecule has 0 atom stereocenters. The van der Waals surface area contributed by atoms with Gasteiger partial charge in [0.2, 0.25) is 0 Å². The van der Waals surface area contributed by atoms with Crippen LogP contribution in [0.4, 0.5) is 0 Å². The van der Waals surface area contributed by atoms with Crippen molar-refractivity contribution in [2.75, 3.05) is 0 Å². The minimum Gasteiger partial charge on any atom is -0.507 e. The molecule has 0 radical (unpaired) electrons. The summed E-state index contributed by atoms with van der Waals surface area (Å²) in [6.45, 7) is 13.6. The van der Waals surface area contributed by atoms with Gasteiger partial charge in [-0.2, -0.15) is 0 Å². The number of hydrogen-bond donors (Lipinski definition) is 1. The van der Waals surface area contributed by atoms with Gasteiger partial charge < -0.3 is 9.67 Å². The van der Waals surface area contributed by atoms with Crippen molar-refractivity contribution in [3.05, 3.63) is 193 Å². The fraction of sp³-hybridized carbons (Fsp3) is 0.138. The first kappa shape index (κ1) is 41.7. The third kappa shape index (κ3) is 7.90. The monoisotopic (exact) mass is 997 g/mol. The quantitative estimate of drug-likeness (QED) is 0.169. The van der Waals surface area contributed by atoms with Crippen molar-refractivity contribution >= 4 is 32.6 Å². The Bertz CT molecular complexity index is 3320. The Balaban J connectivity index is 0.00000504. The summed E-state index contributed by atoms with van der Waals surface area (Å²) in [4.78, 5) is 10.1. The Hall–Kier alpha value is -6.61. The van der Waals surface area contributed by atoms with E-state index in [1.54, 1.807) is 6.07 Å². The molecule has 1 N–H and O–H groups in total. The molecule has 0 saturated carbocycles. The number of aromatic hydroxyl groups is 1. The summed E-state index contributed by atoms with van der Waals surface area (Å²) in [5.41, 5.74) is 14.9. The van der Waals surface area contributed by atoms with Crippen molar-refractivity contribution in [3.63, 3.8) is 0 Å². The minimum atomic E-state index is -0.0470. The van der Waals surface area contributed by atoms with Crippen LogP contribution in [-0.4, -0.2) is 19.6 Å². The van der Waals surface area contributed by atoms with Crippen LogP contribution in [0.5, 0.6) is 5.75 Å². The molecular weight excluding hydrogens is 950 g/mol. The molecule has 0 spiro atoms. The van der Waals surface area contributed by atoms with E-state index in [9.17, 15) is 5.11 Å². The molecule has 0 saturated heterocycles. The number of phenolic OH excluding ortho intramolecular Hbond substituents is 1. The van der Waals surface area contributed by atoms with E-state index in [1.165, 1.54) is 38.2 Å². The van der Waals surface area contributed by atoms with Crippen molar-refractivity contribution in [1.29, 1.82) is 0 Å². The first-order valence-corrected chi connectivity index (χ1v) is 21.4. The molecule has 3 heterocycles. The maximum absolute atomic E-state index is 11.1. The van der Waals surface area contributed by atoms with Gasteiger partial charge in [-0.25, -0.2) is 0 Å². The number of benzene rings is 7. The van der Waals surface area contributed by atoms with E-state index in [1.807, 2.05) is 24.4 Å². The molecule has 5 heteroatoms. The third-order valence-corrected chi connectivity index (χ3v) is 12.1. The number of pyridine rings is 2. The van der Waals surface area contributed by atoms with Gasteiger partial charge in [-0.3, -0.25) is 9.97 Å². The molecule has 7 aromatic carbocycles. The van der Waals surface area contributed by atoms with Crippen LogP contribution in [0.2, 0.25) is 0 Å². The summed E-state index contributed by atoms with van der Waals surface area (Å²) in [6.07, 6.45) is 1.90. The van der Waals surface area contributed by atoms with Gasteiger partial charge >= 0.3 is 0 Å². The zero-order chi connectivity index (χ0) is 42.8. The fourth-order valence-electron chi connectivity index (χ4n) is 8.67. The fourth-order valence-corrected chi connectivity index (χ4v) is 8.67. The van der Waals surface area contributed by atoms with Crippen LogP contribution in [0.3, 0.4) is 0 Å². The van der Waals surface area contributed by atoms with Gasteiger partial charge in [0.05, 0.1) is 16.7 Å². The van der Waals surface area contributed by atoms with Gasteiger partial charge in [0, 0.05) is 66.2 Å². The smallest absolute Gasteiger partial charge is 0.124 e. The molecule has 3 aromatic heterocycles. The molecule has 0 fully saturated rings. The van der Waals surface area contributed by atoms with Gasteiger partial charge in [0.15, 0.2) is 0 Å². The SMILES string of the molecule is CC(C)(C)c1cc(-c2cc(-c3[c-]c(-c4cc(-c5cccc6c7ccccc7n(-c7ccc8ccccc8c7)c56)ccn4)ccc3)nc(-c3ccccc3O)c2)cc(C(C)(C)C)c1.[Pt]. The van der Waals surface area contributed by atoms with Crippen LogP contribution in [0, 0.1) is 6.07 Å². The van der Waals surface area contributed by atoms with Gasteiger partial charge in [-0.05, 0) is 91.9 Å². The molecular formula is C58H48N3OPt-. The van der Waals surface area contributed by atoms with Gasteiger partial charge in [0.25, 0.3) is 0 Å². The van der Waals surface area contributed by atoms with Crippen LogP contribution in [0.15, 0.2) is 176 Å². The van der Waals surface area contributed by atoms with Crippen molar-refractivity contribution in [3.8, 4) is 67.5 Å². The molecule has 63 heavy (non-hydrogen) atoms. The van der Waals surface area contributed by atoms with Crippen LogP contribution >= 0.6 is 0 Å². The summed E-state index contributed by atoms with van der Waals surface area (Å²) >= 11 is 0. The number of para-hydroxylation sites is 3. The predicted octanol–water partition coefficient (Wildman–Crippen LogP) is 15.2. The molecule has 4 nitrogen and oxygen atoms in total. The standard InChI is InChI=1S/C58H48N3O.Pt/c1-57(2,3)44-30-42(31-45(36-44)58(4,5)6)43-34-52(60-53(35-43)50-20-10-12-24-55(50)62)41-18-13-17-40(29-41)51-33-39(27-28-59-51)47-21-14-22-49-48-19-9-11-23-54(48)61(56(47)49)46-26-25-37-15-7-8-16-38(37)32-46;/h7-28,30-36,62H,1-6H3;/q-1;. The molecule has 10 aromatic rings. The Kier molecular flexibility index (Phi) is 10.8. The number of phenols is 1. The third-order valence-electron chi connectivity index (χ3n) is 12.1. The Labute approximate surface area is 384 Å². The molecule has 0 aliphatic heterocycles. The first-order chi connectivity index (χ1) is 29.9. The van der Waals surface area contributed by atoms with Crippen molar-refractivity contribution in [2.45, 2.75) is 52.4 Å². The van der Waals surface area contributed by atoms with Crippen LogP contribution in [-0.2, 0) is 31.9 Å². The van der Waals surface area contributed by atoms with E-state index in [-0.39, 0.29) is 37.6 Å². The van der Waals surface area contributed by atoms with Crippen LogP contribution in [0.1, 0.15) is 52.7 Å². The number of aromatic nitrogens is 3. The topological polar surface area (TPSA) is 50.9 Å². The normalized spacial score (nSPS) is 11.9.